The number of fused-ring (bicyclic) bond motifs is 1. The summed E-state index contributed by atoms with van der Waals surface area (Å²) in [4.78, 5) is 27.3. The van der Waals surface area contributed by atoms with Gasteiger partial charge in [-0.15, -0.1) is 0 Å². The zero-order valence-corrected chi connectivity index (χ0v) is 8.30. The van der Waals surface area contributed by atoms with Gasteiger partial charge in [-0.05, 0) is 30.4 Å². The van der Waals surface area contributed by atoms with E-state index in [0.29, 0.717) is 6.54 Å². The number of azide groups is 1. The van der Waals surface area contributed by atoms with E-state index in [2.05, 4.69) is 10.0 Å². The first-order chi connectivity index (χ1) is 7.09. The molecule has 0 aromatic heterocycles. The zero-order valence-electron chi connectivity index (χ0n) is 8.30. The minimum atomic E-state index is -0.670. The summed E-state index contributed by atoms with van der Waals surface area (Å²) in [5, 5.41) is 3.01. The predicted octanol–water partition coefficient (Wildman–Crippen LogP) is 1.14. The topological polar surface area (TPSA) is 86.1 Å². The van der Waals surface area contributed by atoms with E-state index in [0.717, 1.165) is 12.8 Å². The van der Waals surface area contributed by atoms with E-state index in [1.54, 1.807) is 4.90 Å². The van der Waals surface area contributed by atoms with Gasteiger partial charge in [0.2, 0.25) is 0 Å². The van der Waals surface area contributed by atoms with E-state index >= 15 is 0 Å². The van der Waals surface area contributed by atoms with E-state index in [1.807, 2.05) is 6.92 Å². The van der Waals surface area contributed by atoms with Gasteiger partial charge in [-0.3, -0.25) is 9.59 Å². The molecule has 2 aliphatic rings. The molecule has 0 spiro atoms. The van der Waals surface area contributed by atoms with Crippen molar-refractivity contribution in [3.05, 3.63) is 22.2 Å². The number of carbonyl (C=O) groups excluding carboxylic acids is 2. The van der Waals surface area contributed by atoms with Gasteiger partial charge in [0.25, 0.3) is 5.91 Å². The van der Waals surface area contributed by atoms with Crippen molar-refractivity contribution in [1.29, 1.82) is 0 Å². The first-order valence-corrected chi connectivity index (χ1v) is 4.73. The molecule has 0 radical (unpaired) electrons. The van der Waals surface area contributed by atoms with Crippen molar-refractivity contribution in [3.63, 3.8) is 0 Å². The van der Waals surface area contributed by atoms with Crippen LogP contribution in [0.25, 0.3) is 10.4 Å². The summed E-state index contributed by atoms with van der Waals surface area (Å²) in [6, 6.07) is 0. The fourth-order valence-electron chi connectivity index (χ4n) is 2.23. The van der Waals surface area contributed by atoms with E-state index in [1.165, 1.54) is 6.08 Å². The van der Waals surface area contributed by atoms with Crippen LogP contribution in [0.15, 0.2) is 16.9 Å². The van der Waals surface area contributed by atoms with Gasteiger partial charge in [-0.25, -0.2) is 0 Å². The third-order valence-electron chi connectivity index (χ3n) is 3.09. The Morgan fingerprint density at radius 3 is 3.13 bits per heavy atom. The van der Waals surface area contributed by atoms with Crippen molar-refractivity contribution in [2.24, 2.45) is 5.11 Å². The molecule has 0 aromatic carbocycles. The lowest BCUT2D eigenvalue weighted by Gasteiger charge is -2.29. The van der Waals surface area contributed by atoms with Gasteiger partial charge in [0.05, 0.1) is 5.70 Å². The maximum atomic E-state index is 11.7. The molecule has 0 saturated carbocycles. The molecular formula is C9H10N4O2. The van der Waals surface area contributed by atoms with E-state index in [-0.39, 0.29) is 11.5 Å². The maximum absolute atomic E-state index is 11.7. The first-order valence-electron chi connectivity index (χ1n) is 4.73. The summed E-state index contributed by atoms with van der Waals surface area (Å²) in [5.41, 5.74) is 7.82. The van der Waals surface area contributed by atoms with Crippen LogP contribution in [0.3, 0.4) is 0 Å². The molecule has 0 N–H and O–H groups in total. The summed E-state index contributed by atoms with van der Waals surface area (Å²) < 4.78 is 0. The Bertz CT molecular complexity index is 422. The summed E-state index contributed by atoms with van der Waals surface area (Å²) in [6.07, 6.45) is 2.91. The van der Waals surface area contributed by atoms with Crippen LogP contribution in [-0.4, -0.2) is 28.7 Å². The van der Waals surface area contributed by atoms with Crippen molar-refractivity contribution in [1.82, 2.24) is 4.90 Å². The summed E-state index contributed by atoms with van der Waals surface area (Å²) in [5.74, 6) is -0.743. The van der Waals surface area contributed by atoms with Crippen molar-refractivity contribution < 1.29 is 9.59 Å². The zero-order chi connectivity index (χ0) is 11.1. The molecule has 6 nitrogen and oxygen atoms in total. The predicted molar refractivity (Wildman–Crippen MR) is 51.6 cm³/mol. The molecule has 1 atom stereocenters. The molecule has 2 aliphatic heterocycles. The number of nitrogens with zero attached hydrogens (tertiary/aromatic N) is 4. The molecule has 0 unspecified atom stereocenters. The minimum Gasteiger partial charge on any atom is -0.356 e. The SMILES string of the molecule is C[C@@]12CCCN1C(C(=O)N=[N+]=[N-])=CC2=O. The lowest BCUT2D eigenvalue weighted by atomic mass is 9.96. The Morgan fingerprint density at radius 2 is 2.47 bits per heavy atom. The standard InChI is InChI=1S/C9H10N4O2/c1-9-3-2-4-13(9)6(5-7(9)14)8(15)11-12-10/h5H,2-4H2,1H3/t9-/m0/s1. The van der Waals surface area contributed by atoms with E-state index in [4.69, 9.17) is 5.53 Å². The average Bonchev–Trinajstić information content (AvgIpc) is 2.66. The first kappa shape index (κ1) is 9.73. The number of hydrogen-bond acceptors (Lipinski definition) is 3. The Hall–Kier alpha value is -1.81. The minimum absolute atomic E-state index is 0.0727. The molecule has 2 rings (SSSR count). The van der Waals surface area contributed by atoms with Crippen molar-refractivity contribution in [2.45, 2.75) is 25.3 Å². The van der Waals surface area contributed by atoms with Crippen LogP contribution in [0.1, 0.15) is 19.8 Å². The second-order valence-corrected chi connectivity index (χ2v) is 3.92. The molecule has 15 heavy (non-hydrogen) atoms. The van der Waals surface area contributed by atoms with Crippen molar-refractivity contribution in [2.75, 3.05) is 6.54 Å². The summed E-state index contributed by atoms with van der Waals surface area (Å²) >= 11 is 0. The Kier molecular flexibility index (Phi) is 2.01. The number of ketones is 1. The molecule has 0 aromatic rings. The van der Waals surface area contributed by atoms with Crippen LogP contribution < -0.4 is 0 Å². The Morgan fingerprint density at radius 1 is 1.73 bits per heavy atom. The Labute approximate surface area is 86.2 Å². The van der Waals surface area contributed by atoms with Crippen molar-refractivity contribution >= 4 is 11.7 Å². The van der Waals surface area contributed by atoms with Crippen LogP contribution >= 0.6 is 0 Å². The molecule has 0 bridgehead atoms. The lowest BCUT2D eigenvalue weighted by molar-refractivity contribution is -0.121. The number of hydrogen-bond donors (Lipinski definition) is 0. The molecule has 0 aliphatic carbocycles. The number of carbonyl (C=O) groups is 2. The fraction of sp³-hybridized carbons (Fsp3) is 0.556. The van der Waals surface area contributed by atoms with Crippen LogP contribution in [0.4, 0.5) is 0 Å². The number of rotatable bonds is 1. The second kappa shape index (κ2) is 3.10. The van der Waals surface area contributed by atoms with Gasteiger partial charge in [0.1, 0.15) is 5.54 Å². The molecule has 1 fully saturated rings. The quantitative estimate of drug-likeness (QED) is 0.366. The molecular weight excluding hydrogens is 196 g/mol. The molecule has 1 saturated heterocycles. The van der Waals surface area contributed by atoms with Gasteiger partial charge in [0, 0.05) is 17.5 Å². The molecule has 1 amide bonds. The summed E-state index contributed by atoms with van der Waals surface area (Å²) in [6.45, 7) is 2.48. The fourth-order valence-corrected chi connectivity index (χ4v) is 2.23. The normalized spacial score (nSPS) is 28.5. The van der Waals surface area contributed by atoms with Crippen LogP contribution in [0.5, 0.6) is 0 Å². The summed E-state index contributed by atoms with van der Waals surface area (Å²) in [7, 11) is 0. The Balaban J connectivity index is 2.36. The van der Waals surface area contributed by atoms with Gasteiger partial charge < -0.3 is 4.90 Å². The van der Waals surface area contributed by atoms with Crippen LogP contribution in [0.2, 0.25) is 0 Å². The highest BCUT2D eigenvalue weighted by Gasteiger charge is 2.48. The van der Waals surface area contributed by atoms with Gasteiger partial charge >= 0.3 is 0 Å². The highest BCUT2D eigenvalue weighted by molar-refractivity contribution is 6.09. The van der Waals surface area contributed by atoms with E-state index < -0.39 is 11.4 Å². The molecule has 6 heteroatoms. The van der Waals surface area contributed by atoms with Gasteiger partial charge in [-0.2, -0.15) is 0 Å². The lowest BCUT2D eigenvalue weighted by Crippen LogP contribution is -2.42. The average molecular weight is 206 g/mol. The highest BCUT2D eigenvalue weighted by Crippen LogP contribution is 2.38. The van der Waals surface area contributed by atoms with Gasteiger partial charge in [-0.1, -0.05) is 0 Å². The van der Waals surface area contributed by atoms with Crippen LogP contribution in [0, 0.1) is 0 Å². The highest BCUT2D eigenvalue weighted by atomic mass is 16.2. The molecule has 2 heterocycles. The smallest absolute Gasteiger partial charge is 0.265 e. The number of amides is 1. The van der Waals surface area contributed by atoms with E-state index in [9.17, 15) is 9.59 Å². The molecule has 78 valence electrons. The van der Waals surface area contributed by atoms with Crippen molar-refractivity contribution in [3.8, 4) is 0 Å². The third-order valence-corrected chi connectivity index (χ3v) is 3.09. The second-order valence-electron chi connectivity index (χ2n) is 3.92. The monoisotopic (exact) mass is 206 g/mol. The largest absolute Gasteiger partial charge is 0.356 e. The maximum Gasteiger partial charge on any atom is 0.265 e. The van der Waals surface area contributed by atoms with Crippen LogP contribution in [-0.2, 0) is 9.59 Å². The van der Waals surface area contributed by atoms with Gasteiger partial charge in [0.15, 0.2) is 5.78 Å². The third kappa shape index (κ3) is 1.22.